The van der Waals surface area contributed by atoms with Crippen LogP contribution in [0.4, 0.5) is 0 Å². The molecule has 104 valence electrons. The van der Waals surface area contributed by atoms with E-state index in [2.05, 4.69) is 35.9 Å². The monoisotopic (exact) mass is 253 g/mol. The van der Waals surface area contributed by atoms with E-state index in [9.17, 15) is 4.79 Å². The van der Waals surface area contributed by atoms with E-state index in [-0.39, 0.29) is 0 Å². The summed E-state index contributed by atoms with van der Waals surface area (Å²) in [5.74, 6) is 1.62. The number of nitrogens with zero attached hydrogens (tertiary/aromatic N) is 2. The molecule has 0 saturated carbocycles. The van der Waals surface area contributed by atoms with Crippen LogP contribution in [0.15, 0.2) is 0 Å². The van der Waals surface area contributed by atoms with Gasteiger partial charge in [0, 0.05) is 38.8 Å². The van der Waals surface area contributed by atoms with Gasteiger partial charge in [-0.2, -0.15) is 0 Å². The maximum absolute atomic E-state index is 12.4. The largest absolute Gasteiger partial charge is 0.341 e. The van der Waals surface area contributed by atoms with E-state index in [0.29, 0.717) is 30.3 Å². The van der Waals surface area contributed by atoms with Gasteiger partial charge in [-0.25, -0.2) is 0 Å². The van der Waals surface area contributed by atoms with Crippen LogP contribution in [-0.4, -0.2) is 61.0 Å². The van der Waals surface area contributed by atoms with Crippen LogP contribution in [0.3, 0.4) is 0 Å². The number of rotatable bonds is 2. The Bertz CT molecular complexity index is 285. The van der Waals surface area contributed by atoms with Gasteiger partial charge >= 0.3 is 0 Å². The second-order valence-corrected chi connectivity index (χ2v) is 6.27. The molecule has 0 radical (unpaired) electrons. The fourth-order valence-electron chi connectivity index (χ4n) is 3.26. The summed E-state index contributed by atoms with van der Waals surface area (Å²) < 4.78 is 0. The average molecular weight is 253 g/mol. The molecule has 3 atom stereocenters. The zero-order valence-corrected chi connectivity index (χ0v) is 12.0. The quantitative estimate of drug-likeness (QED) is 0.790. The third-order valence-electron chi connectivity index (χ3n) is 4.20. The van der Waals surface area contributed by atoms with E-state index in [0.717, 1.165) is 32.7 Å². The van der Waals surface area contributed by atoms with E-state index >= 15 is 0 Å². The van der Waals surface area contributed by atoms with E-state index in [1.807, 2.05) is 0 Å². The lowest BCUT2D eigenvalue weighted by Crippen LogP contribution is -2.54. The van der Waals surface area contributed by atoms with Crippen molar-refractivity contribution in [3.05, 3.63) is 0 Å². The first-order chi connectivity index (χ1) is 8.56. The zero-order chi connectivity index (χ0) is 13.1. The molecule has 0 aromatic carbocycles. The maximum Gasteiger partial charge on any atom is 0.236 e. The van der Waals surface area contributed by atoms with Crippen LogP contribution in [-0.2, 0) is 4.79 Å². The van der Waals surface area contributed by atoms with Crippen molar-refractivity contribution < 1.29 is 4.79 Å². The van der Waals surface area contributed by atoms with Crippen molar-refractivity contribution in [1.29, 1.82) is 0 Å². The molecule has 2 unspecified atom stereocenters. The molecular weight excluding hydrogens is 226 g/mol. The smallest absolute Gasteiger partial charge is 0.236 e. The van der Waals surface area contributed by atoms with Gasteiger partial charge in [-0.3, -0.25) is 9.69 Å². The molecule has 0 aromatic heterocycles. The SMILES string of the molecule is CC1CC(C)CN(C(=O)CN2CCNC[C@H]2C)C1. The van der Waals surface area contributed by atoms with Gasteiger partial charge in [0.1, 0.15) is 0 Å². The molecule has 2 saturated heterocycles. The van der Waals surface area contributed by atoms with E-state index < -0.39 is 0 Å². The van der Waals surface area contributed by atoms with Gasteiger partial charge < -0.3 is 10.2 Å². The Morgan fingerprint density at radius 3 is 2.50 bits per heavy atom. The summed E-state index contributed by atoms with van der Waals surface area (Å²) in [6.07, 6.45) is 1.26. The van der Waals surface area contributed by atoms with Crippen LogP contribution in [0.1, 0.15) is 27.2 Å². The van der Waals surface area contributed by atoms with Crippen molar-refractivity contribution in [3.8, 4) is 0 Å². The lowest BCUT2D eigenvalue weighted by molar-refractivity contribution is -0.135. The molecular formula is C14H27N3O. The third kappa shape index (κ3) is 3.45. The van der Waals surface area contributed by atoms with Crippen LogP contribution < -0.4 is 5.32 Å². The first-order valence-electron chi connectivity index (χ1n) is 7.28. The first kappa shape index (κ1) is 13.8. The molecule has 1 N–H and O–H groups in total. The molecule has 0 aliphatic carbocycles. The number of carbonyl (C=O) groups excluding carboxylic acids is 1. The Kier molecular flexibility index (Phi) is 4.62. The Hall–Kier alpha value is -0.610. The molecule has 0 aromatic rings. The minimum atomic E-state index is 0.321. The lowest BCUT2D eigenvalue weighted by atomic mass is 9.92. The molecule has 0 bridgehead atoms. The van der Waals surface area contributed by atoms with Crippen molar-refractivity contribution >= 4 is 5.91 Å². The number of hydrogen-bond donors (Lipinski definition) is 1. The van der Waals surface area contributed by atoms with Crippen molar-refractivity contribution in [2.75, 3.05) is 39.3 Å². The summed E-state index contributed by atoms with van der Waals surface area (Å²) in [7, 11) is 0. The molecule has 2 aliphatic heterocycles. The highest BCUT2D eigenvalue weighted by molar-refractivity contribution is 5.78. The predicted molar refractivity (Wildman–Crippen MR) is 73.4 cm³/mol. The highest BCUT2D eigenvalue weighted by Gasteiger charge is 2.28. The standard InChI is InChI=1S/C14H27N3O/c1-11-6-12(2)9-17(8-11)14(18)10-16-5-4-15-7-13(16)3/h11-13,15H,4-10H2,1-3H3/t11?,12?,13-/m1/s1. The number of carbonyl (C=O) groups is 1. The first-order valence-corrected chi connectivity index (χ1v) is 7.28. The number of nitrogens with one attached hydrogen (secondary N) is 1. The summed E-state index contributed by atoms with van der Waals surface area (Å²) in [6.45, 7) is 12.2. The van der Waals surface area contributed by atoms with Crippen LogP contribution in [0.5, 0.6) is 0 Å². The van der Waals surface area contributed by atoms with Gasteiger partial charge in [0.15, 0.2) is 0 Å². The highest BCUT2D eigenvalue weighted by Crippen LogP contribution is 2.21. The van der Waals surface area contributed by atoms with E-state index in [4.69, 9.17) is 0 Å². The Balaban J connectivity index is 1.86. The summed E-state index contributed by atoms with van der Waals surface area (Å²) in [5.41, 5.74) is 0. The van der Waals surface area contributed by atoms with Crippen molar-refractivity contribution in [2.24, 2.45) is 11.8 Å². The zero-order valence-electron chi connectivity index (χ0n) is 12.0. The molecule has 2 fully saturated rings. The Morgan fingerprint density at radius 2 is 1.89 bits per heavy atom. The van der Waals surface area contributed by atoms with Crippen molar-refractivity contribution in [2.45, 2.75) is 33.2 Å². The van der Waals surface area contributed by atoms with Gasteiger partial charge in [0.05, 0.1) is 6.54 Å². The number of piperidine rings is 1. The van der Waals surface area contributed by atoms with Crippen LogP contribution in [0.2, 0.25) is 0 Å². The molecule has 4 nitrogen and oxygen atoms in total. The normalized spacial score (nSPS) is 34.6. The predicted octanol–water partition coefficient (Wildman–Crippen LogP) is 0.785. The molecule has 2 aliphatic rings. The highest BCUT2D eigenvalue weighted by atomic mass is 16.2. The number of piperazine rings is 1. The van der Waals surface area contributed by atoms with E-state index in [1.165, 1.54) is 6.42 Å². The minimum absolute atomic E-state index is 0.321. The molecule has 1 amide bonds. The molecule has 18 heavy (non-hydrogen) atoms. The van der Waals surface area contributed by atoms with Crippen molar-refractivity contribution in [1.82, 2.24) is 15.1 Å². The van der Waals surface area contributed by atoms with Gasteiger partial charge in [0.2, 0.25) is 5.91 Å². The summed E-state index contributed by atoms with van der Waals surface area (Å²) >= 11 is 0. The summed E-state index contributed by atoms with van der Waals surface area (Å²) in [4.78, 5) is 16.8. The number of amides is 1. The lowest BCUT2D eigenvalue weighted by Gasteiger charge is -2.38. The van der Waals surface area contributed by atoms with Crippen LogP contribution >= 0.6 is 0 Å². The minimum Gasteiger partial charge on any atom is -0.341 e. The fraction of sp³-hybridized carbons (Fsp3) is 0.929. The second kappa shape index (κ2) is 6.02. The summed E-state index contributed by atoms with van der Waals surface area (Å²) in [5, 5.41) is 3.36. The third-order valence-corrected chi connectivity index (χ3v) is 4.20. The van der Waals surface area contributed by atoms with Crippen molar-refractivity contribution in [3.63, 3.8) is 0 Å². The number of hydrogen-bond acceptors (Lipinski definition) is 3. The van der Waals surface area contributed by atoms with Gasteiger partial charge in [-0.15, -0.1) is 0 Å². The fourth-order valence-corrected chi connectivity index (χ4v) is 3.26. The van der Waals surface area contributed by atoms with Gasteiger partial charge in [0.25, 0.3) is 0 Å². The molecule has 4 heteroatoms. The van der Waals surface area contributed by atoms with Gasteiger partial charge in [-0.1, -0.05) is 13.8 Å². The molecule has 2 rings (SSSR count). The molecule has 2 heterocycles. The average Bonchev–Trinajstić information content (AvgIpc) is 2.31. The van der Waals surface area contributed by atoms with Gasteiger partial charge in [-0.05, 0) is 25.2 Å². The summed E-state index contributed by atoms with van der Waals surface area (Å²) in [6, 6.07) is 0.474. The Morgan fingerprint density at radius 1 is 1.22 bits per heavy atom. The van der Waals surface area contributed by atoms with Crippen LogP contribution in [0, 0.1) is 11.8 Å². The Labute approximate surface area is 111 Å². The number of likely N-dealkylation sites (tertiary alicyclic amines) is 1. The second-order valence-electron chi connectivity index (χ2n) is 6.27. The topological polar surface area (TPSA) is 35.6 Å². The van der Waals surface area contributed by atoms with E-state index in [1.54, 1.807) is 0 Å². The maximum atomic E-state index is 12.4. The molecule has 0 spiro atoms. The van der Waals surface area contributed by atoms with Crippen LogP contribution in [0.25, 0.3) is 0 Å².